The van der Waals surface area contributed by atoms with Crippen molar-refractivity contribution in [3.05, 3.63) is 29.6 Å². The molecular weight excluding hydrogens is 209 g/mol. The molecule has 1 aromatic carbocycles. The van der Waals surface area contributed by atoms with Crippen LogP contribution in [-0.2, 0) is 10.3 Å². The fraction of sp³-hybridized carbons (Fsp3) is 0.500. The number of rotatable bonds is 5. The summed E-state index contributed by atoms with van der Waals surface area (Å²) in [6, 6.07) is 4.30. The van der Waals surface area contributed by atoms with Crippen LogP contribution < -0.4 is 10.5 Å². The summed E-state index contributed by atoms with van der Waals surface area (Å²) in [5.41, 5.74) is 5.95. The number of halogens is 1. The number of nitrogens with two attached hydrogens (primary N) is 1. The topological polar surface area (TPSA) is 44.5 Å². The second-order valence-electron chi connectivity index (χ2n) is 3.90. The van der Waals surface area contributed by atoms with E-state index >= 15 is 0 Å². The molecule has 0 amide bonds. The van der Waals surface area contributed by atoms with Gasteiger partial charge in [-0.05, 0) is 32.0 Å². The first-order chi connectivity index (χ1) is 7.51. The number of hydrogen-bond donors (Lipinski definition) is 1. The summed E-state index contributed by atoms with van der Waals surface area (Å²) in [6.07, 6.45) is 0. The van der Waals surface area contributed by atoms with Crippen LogP contribution in [0, 0.1) is 5.82 Å². The smallest absolute Gasteiger partial charge is 0.124 e. The molecule has 2 N–H and O–H groups in total. The molecule has 0 bridgehead atoms. The van der Waals surface area contributed by atoms with E-state index in [0.29, 0.717) is 24.5 Å². The van der Waals surface area contributed by atoms with E-state index in [-0.39, 0.29) is 5.82 Å². The zero-order chi connectivity index (χ0) is 12.2. The maximum absolute atomic E-state index is 13.2. The second kappa shape index (κ2) is 5.27. The van der Waals surface area contributed by atoms with Gasteiger partial charge in [0.2, 0.25) is 0 Å². The highest BCUT2D eigenvalue weighted by atomic mass is 19.1. The molecule has 0 aliphatic rings. The molecule has 0 aromatic heterocycles. The molecule has 0 aliphatic heterocycles. The lowest BCUT2D eigenvalue weighted by Gasteiger charge is -2.26. The van der Waals surface area contributed by atoms with Gasteiger partial charge in [0.1, 0.15) is 11.6 Å². The van der Waals surface area contributed by atoms with Crippen molar-refractivity contribution in [1.29, 1.82) is 0 Å². The van der Waals surface area contributed by atoms with Crippen molar-refractivity contribution < 1.29 is 13.9 Å². The summed E-state index contributed by atoms with van der Waals surface area (Å²) in [5.74, 6) is 0.245. The van der Waals surface area contributed by atoms with Crippen LogP contribution in [0.1, 0.15) is 19.4 Å². The van der Waals surface area contributed by atoms with E-state index < -0.39 is 5.54 Å². The first-order valence-electron chi connectivity index (χ1n) is 5.22. The lowest BCUT2D eigenvalue weighted by molar-refractivity contribution is 0.0995. The van der Waals surface area contributed by atoms with Crippen molar-refractivity contribution in [3.63, 3.8) is 0 Å². The lowest BCUT2D eigenvalue weighted by Crippen LogP contribution is -2.38. The largest absolute Gasteiger partial charge is 0.496 e. The van der Waals surface area contributed by atoms with Gasteiger partial charge in [-0.25, -0.2) is 4.39 Å². The number of methoxy groups -OCH3 is 1. The molecule has 90 valence electrons. The van der Waals surface area contributed by atoms with Gasteiger partial charge in [-0.3, -0.25) is 0 Å². The van der Waals surface area contributed by atoms with E-state index in [4.69, 9.17) is 15.2 Å². The Morgan fingerprint density at radius 1 is 1.44 bits per heavy atom. The van der Waals surface area contributed by atoms with E-state index in [1.807, 2.05) is 6.92 Å². The second-order valence-corrected chi connectivity index (χ2v) is 3.90. The molecule has 0 saturated carbocycles. The number of benzene rings is 1. The normalized spacial score (nSPS) is 14.6. The molecule has 1 atom stereocenters. The minimum atomic E-state index is -0.760. The molecule has 0 saturated heterocycles. The van der Waals surface area contributed by atoms with Crippen LogP contribution in [0.25, 0.3) is 0 Å². The molecule has 0 fully saturated rings. The quantitative estimate of drug-likeness (QED) is 0.837. The summed E-state index contributed by atoms with van der Waals surface area (Å²) in [6.45, 7) is 4.58. The number of hydrogen-bond acceptors (Lipinski definition) is 3. The van der Waals surface area contributed by atoms with E-state index in [2.05, 4.69) is 0 Å². The first-order valence-corrected chi connectivity index (χ1v) is 5.22. The van der Waals surface area contributed by atoms with Crippen LogP contribution in [0.3, 0.4) is 0 Å². The third-order valence-electron chi connectivity index (χ3n) is 2.38. The zero-order valence-electron chi connectivity index (χ0n) is 9.92. The maximum Gasteiger partial charge on any atom is 0.124 e. The summed E-state index contributed by atoms with van der Waals surface area (Å²) >= 11 is 0. The standard InChI is InChI=1S/C12H18FNO2/c1-4-16-8-12(2,14)10-7-9(13)5-6-11(10)15-3/h5-7H,4,8,14H2,1-3H3. The fourth-order valence-electron chi connectivity index (χ4n) is 1.52. The summed E-state index contributed by atoms with van der Waals surface area (Å²) < 4.78 is 23.6. The van der Waals surface area contributed by atoms with E-state index in [1.165, 1.54) is 19.2 Å². The van der Waals surface area contributed by atoms with Crippen LogP contribution in [0.2, 0.25) is 0 Å². The van der Waals surface area contributed by atoms with Gasteiger partial charge in [0.15, 0.2) is 0 Å². The van der Waals surface area contributed by atoms with E-state index in [1.54, 1.807) is 13.0 Å². The van der Waals surface area contributed by atoms with Gasteiger partial charge in [0.05, 0.1) is 19.3 Å². The van der Waals surface area contributed by atoms with Crippen LogP contribution in [0.5, 0.6) is 5.75 Å². The Morgan fingerprint density at radius 2 is 2.12 bits per heavy atom. The van der Waals surface area contributed by atoms with Crippen LogP contribution in [-0.4, -0.2) is 20.3 Å². The molecule has 1 unspecified atom stereocenters. The van der Waals surface area contributed by atoms with Gasteiger partial charge in [0, 0.05) is 12.2 Å². The molecule has 16 heavy (non-hydrogen) atoms. The molecule has 0 radical (unpaired) electrons. The van der Waals surface area contributed by atoms with Crippen molar-refractivity contribution in [2.45, 2.75) is 19.4 Å². The summed E-state index contributed by atoms with van der Waals surface area (Å²) in [7, 11) is 1.54. The summed E-state index contributed by atoms with van der Waals surface area (Å²) in [4.78, 5) is 0. The molecule has 0 aliphatic carbocycles. The Balaban J connectivity index is 3.04. The van der Waals surface area contributed by atoms with Gasteiger partial charge in [-0.2, -0.15) is 0 Å². The average Bonchev–Trinajstić information content (AvgIpc) is 2.26. The molecule has 0 heterocycles. The maximum atomic E-state index is 13.2. The fourth-order valence-corrected chi connectivity index (χ4v) is 1.52. The van der Waals surface area contributed by atoms with Crippen LogP contribution in [0.4, 0.5) is 4.39 Å². The van der Waals surface area contributed by atoms with Crippen molar-refractivity contribution in [1.82, 2.24) is 0 Å². The van der Waals surface area contributed by atoms with Gasteiger partial charge in [-0.15, -0.1) is 0 Å². The highest BCUT2D eigenvalue weighted by Crippen LogP contribution is 2.29. The Kier molecular flexibility index (Phi) is 4.26. The molecule has 1 aromatic rings. The van der Waals surface area contributed by atoms with Crippen molar-refractivity contribution in [2.24, 2.45) is 5.73 Å². The van der Waals surface area contributed by atoms with Crippen molar-refractivity contribution in [3.8, 4) is 5.75 Å². The molecule has 3 nitrogen and oxygen atoms in total. The Labute approximate surface area is 95.4 Å². The van der Waals surface area contributed by atoms with Crippen molar-refractivity contribution >= 4 is 0 Å². The highest BCUT2D eigenvalue weighted by molar-refractivity contribution is 5.39. The predicted octanol–water partition coefficient (Wildman–Crippen LogP) is 2.04. The van der Waals surface area contributed by atoms with Crippen molar-refractivity contribution in [2.75, 3.05) is 20.3 Å². The van der Waals surface area contributed by atoms with E-state index in [9.17, 15) is 4.39 Å². The monoisotopic (exact) mass is 227 g/mol. The molecule has 4 heteroatoms. The highest BCUT2D eigenvalue weighted by Gasteiger charge is 2.25. The minimum Gasteiger partial charge on any atom is -0.496 e. The Morgan fingerprint density at radius 3 is 2.69 bits per heavy atom. The summed E-state index contributed by atoms with van der Waals surface area (Å²) in [5, 5.41) is 0. The SMILES string of the molecule is CCOCC(C)(N)c1cc(F)ccc1OC. The first kappa shape index (κ1) is 12.9. The van der Waals surface area contributed by atoms with Gasteiger partial charge >= 0.3 is 0 Å². The Hall–Kier alpha value is -1.13. The predicted molar refractivity (Wildman–Crippen MR) is 61.0 cm³/mol. The third kappa shape index (κ3) is 2.93. The lowest BCUT2D eigenvalue weighted by atomic mass is 9.93. The van der Waals surface area contributed by atoms with Crippen LogP contribution >= 0.6 is 0 Å². The Bertz CT molecular complexity index is 353. The average molecular weight is 227 g/mol. The van der Waals surface area contributed by atoms with E-state index in [0.717, 1.165) is 0 Å². The zero-order valence-corrected chi connectivity index (χ0v) is 9.92. The molecule has 1 rings (SSSR count). The molecule has 0 spiro atoms. The van der Waals surface area contributed by atoms with Gasteiger partial charge in [-0.1, -0.05) is 0 Å². The van der Waals surface area contributed by atoms with Crippen LogP contribution in [0.15, 0.2) is 18.2 Å². The number of ether oxygens (including phenoxy) is 2. The van der Waals surface area contributed by atoms with Gasteiger partial charge in [0.25, 0.3) is 0 Å². The minimum absolute atomic E-state index is 0.323. The van der Waals surface area contributed by atoms with Gasteiger partial charge < -0.3 is 15.2 Å². The molecular formula is C12H18FNO2. The third-order valence-corrected chi connectivity index (χ3v) is 2.38.